The quantitative estimate of drug-likeness (QED) is 0.499. The van der Waals surface area contributed by atoms with E-state index >= 15 is 0 Å². The molecule has 1 unspecified atom stereocenters. The topological polar surface area (TPSA) is 100.0 Å². The van der Waals surface area contributed by atoms with Crippen LogP contribution in [-0.2, 0) is 14.3 Å². The number of nitrogens with zero attached hydrogens (tertiary/aromatic N) is 2. The van der Waals surface area contributed by atoms with E-state index in [9.17, 15) is 14.7 Å². The highest BCUT2D eigenvalue weighted by Crippen LogP contribution is 2.36. The molecule has 0 spiro atoms. The third-order valence-electron chi connectivity index (χ3n) is 4.48. The van der Waals surface area contributed by atoms with E-state index in [0.29, 0.717) is 5.69 Å². The molecule has 1 aromatic heterocycles. The second-order valence-electron chi connectivity index (χ2n) is 6.36. The third kappa shape index (κ3) is 4.77. The van der Waals surface area contributed by atoms with Crippen molar-refractivity contribution in [2.24, 2.45) is 0 Å². The maximum absolute atomic E-state index is 12.9. The fourth-order valence-electron chi connectivity index (χ4n) is 3.14. The fourth-order valence-corrected chi connectivity index (χ4v) is 3.14. The molecule has 3 rings (SSSR count). The molecule has 1 aliphatic rings. The number of benzene rings is 1. The Morgan fingerprint density at radius 1 is 1.14 bits per heavy atom. The smallest absolute Gasteiger partial charge is 0.290 e. The first-order valence-electron chi connectivity index (χ1n) is 9.24. The number of aliphatic hydroxyl groups excluding tert-OH is 2. The second kappa shape index (κ2) is 9.77. The molecule has 1 atom stereocenters. The number of pyridine rings is 1. The summed E-state index contributed by atoms with van der Waals surface area (Å²) in [5.41, 5.74) is 1.29. The summed E-state index contributed by atoms with van der Waals surface area (Å²) in [6.45, 7) is 0.310. The minimum absolute atomic E-state index is 0.0111. The summed E-state index contributed by atoms with van der Waals surface area (Å²) in [4.78, 5) is 31.2. The molecule has 7 heteroatoms. The summed E-state index contributed by atoms with van der Waals surface area (Å²) in [5.74, 6) is -1.69. The van der Waals surface area contributed by atoms with Crippen LogP contribution in [0.4, 0.5) is 0 Å². The first kappa shape index (κ1) is 20.4. The highest BCUT2D eigenvalue weighted by Gasteiger charge is 2.43. The van der Waals surface area contributed by atoms with Crippen LogP contribution in [0.3, 0.4) is 0 Å². The zero-order valence-corrected chi connectivity index (χ0v) is 15.8. The van der Waals surface area contributed by atoms with E-state index in [1.165, 1.54) is 11.0 Å². The van der Waals surface area contributed by atoms with Crippen molar-refractivity contribution in [3.05, 3.63) is 83.4 Å². The minimum Gasteiger partial charge on any atom is -0.503 e. The number of amides is 1. The molecule has 1 aliphatic heterocycles. The van der Waals surface area contributed by atoms with E-state index in [4.69, 9.17) is 9.84 Å². The largest absolute Gasteiger partial charge is 0.503 e. The van der Waals surface area contributed by atoms with Crippen LogP contribution < -0.4 is 0 Å². The third-order valence-corrected chi connectivity index (χ3v) is 4.48. The van der Waals surface area contributed by atoms with Crippen LogP contribution >= 0.6 is 0 Å². The van der Waals surface area contributed by atoms with Crippen molar-refractivity contribution in [3.63, 3.8) is 0 Å². The van der Waals surface area contributed by atoms with Gasteiger partial charge < -0.3 is 19.8 Å². The van der Waals surface area contributed by atoms with Gasteiger partial charge in [0.05, 0.1) is 31.1 Å². The Kier molecular flexibility index (Phi) is 6.89. The number of ether oxygens (including phenoxy) is 1. The Balaban J connectivity index is 1.89. The van der Waals surface area contributed by atoms with Gasteiger partial charge in [-0.1, -0.05) is 42.5 Å². The van der Waals surface area contributed by atoms with Crippen molar-refractivity contribution < 1.29 is 24.5 Å². The van der Waals surface area contributed by atoms with Crippen molar-refractivity contribution in [2.75, 3.05) is 26.4 Å². The number of carbonyl (C=O) groups is 2. The summed E-state index contributed by atoms with van der Waals surface area (Å²) in [6.07, 6.45) is 4.54. The van der Waals surface area contributed by atoms with E-state index in [2.05, 4.69) is 4.98 Å². The number of rotatable bonds is 9. The van der Waals surface area contributed by atoms with Crippen molar-refractivity contribution in [2.45, 2.75) is 6.04 Å². The maximum Gasteiger partial charge on any atom is 0.290 e. The summed E-state index contributed by atoms with van der Waals surface area (Å²) >= 11 is 0. The molecule has 0 aliphatic carbocycles. The van der Waals surface area contributed by atoms with Crippen molar-refractivity contribution in [1.82, 2.24) is 9.88 Å². The maximum atomic E-state index is 12.9. The van der Waals surface area contributed by atoms with Gasteiger partial charge in [-0.05, 0) is 23.8 Å². The fraction of sp³-hybridized carbons (Fsp3) is 0.227. The average molecular weight is 394 g/mol. The number of ketones is 1. The van der Waals surface area contributed by atoms with Crippen LogP contribution in [0.5, 0.6) is 0 Å². The summed E-state index contributed by atoms with van der Waals surface area (Å²) < 4.78 is 5.25. The van der Waals surface area contributed by atoms with Crippen LogP contribution in [0.2, 0.25) is 0 Å². The van der Waals surface area contributed by atoms with Crippen LogP contribution in [0.25, 0.3) is 6.08 Å². The van der Waals surface area contributed by atoms with Crippen LogP contribution in [0.1, 0.15) is 17.3 Å². The van der Waals surface area contributed by atoms with E-state index in [0.717, 1.165) is 5.56 Å². The summed E-state index contributed by atoms with van der Waals surface area (Å²) in [7, 11) is 0. The molecule has 0 saturated carbocycles. The Labute approximate surface area is 168 Å². The predicted octanol–water partition coefficient (Wildman–Crippen LogP) is 2.07. The van der Waals surface area contributed by atoms with Gasteiger partial charge in [-0.3, -0.25) is 14.6 Å². The number of allylic oxidation sites excluding steroid dienone is 1. The molecule has 7 nitrogen and oxygen atoms in total. The zero-order valence-electron chi connectivity index (χ0n) is 15.8. The molecule has 29 heavy (non-hydrogen) atoms. The van der Waals surface area contributed by atoms with Gasteiger partial charge in [0.25, 0.3) is 5.91 Å². The second-order valence-corrected chi connectivity index (χ2v) is 6.36. The molecule has 0 fully saturated rings. The molecule has 1 aromatic carbocycles. The standard InChI is InChI=1S/C22H22N2O5/c25-13-15-29-14-12-24-20(17-8-4-5-11-23-17)19(21(27)22(24)28)18(26)10-9-16-6-2-1-3-7-16/h1-11,20,25,27H,12-15H2/b10-9+. The van der Waals surface area contributed by atoms with E-state index in [1.807, 2.05) is 30.3 Å². The van der Waals surface area contributed by atoms with E-state index < -0.39 is 23.5 Å². The lowest BCUT2D eigenvalue weighted by Crippen LogP contribution is -2.34. The molecule has 0 bridgehead atoms. The molecular formula is C22H22N2O5. The molecule has 2 heterocycles. The van der Waals surface area contributed by atoms with Gasteiger partial charge >= 0.3 is 0 Å². The lowest BCUT2D eigenvalue weighted by Gasteiger charge is -2.25. The van der Waals surface area contributed by atoms with Crippen molar-refractivity contribution >= 4 is 17.8 Å². The molecule has 2 aromatic rings. The first-order valence-corrected chi connectivity index (χ1v) is 9.24. The Bertz CT molecular complexity index is 909. The number of aliphatic hydroxyl groups is 2. The van der Waals surface area contributed by atoms with E-state index in [1.54, 1.807) is 30.5 Å². The normalized spacial score (nSPS) is 16.8. The lowest BCUT2D eigenvalue weighted by atomic mass is 9.99. The van der Waals surface area contributed by atoms with Gasteiger partial charge in [0.15, 0.2) is 11.5 Å². The molecule has 1 amide bonds. The highest BCUT2D eigenvalue weighted by molar-refractivity contribution is 6.14. The number of hydrogen-bond donors (Lipinski definition) is 2. The van der Waals surface area contributed by atoms with Crippen molar-refractivity contribution in [3.8, 4) is 0 Å². The first-order chi connectivity index (χ1) is 14.1. The van der Waals surface area contributed by atoms with Gasteiger partial charge in [0.2, 0.25) is 0 Å². The Hall–Kier alpha value is -3.29. The monoisotopic (exact) mass is 394 g/mol. The number of hydrogen-bond acceptors (Lipinski definition) is 6. The molecular weight excluding hydrogens is 372 g/mol. The number of carbonyl (C=O) groups excluding carboxylic acids is 2. The van der Waals surface area contributed by atoms with Gasteiger partial charge in [0.1, 0.15) is 6.04 Å². The molecule has 2 N–H and O–H groups in total. The zero-order chi connectivity index (χ0) is 20.6. The van der Waals surface area contributed by atoms with Crippen molar-refractivity contribution in [1.29, 1.82) is 0 Å². The minimum atomic E-state index is -0.811. The Morgan fingerprint density at radius 3 is 2.59 bits per heavy atom. The number of aromatic nitrogens is 1. The summed E-state index contributed by atoms with van der Waals surface area (Å²) in [6, 6.07) is 13.6. The van der Waals surface area contributed by atoms with Gasteiger partial charge in [-0.15, -0.1) is 0 Å². The Morgan fingerprint density at radius 2 is 1.90 bits per heavy atom. The molecule has 150 valence electrons. The highest BCUT2D eigenvalue weighted by atomic mass is 16.5. The molecule has 0 saturated heterocycles. The van der Waals surface area contributed by atoms with Crippen LogP contribution in [0.15, 0.2) is 72.1 Å². The van der Waals surface area contributed by atoms with E-state index in [-0.39, 0.29) is 31.9 Å². The van der Waals surface area contributed by atoms with Gasteiger partial charge in [-0.2, -0.15) is 0 Å². The average Bonchev–Trinajstić information content (AvgIpc) is 3.01. The van der Waals surface area contributed by atoms with Gasteiger partial charge in [0, 0.05) is 12.7 Å². The predicted molar refractivity (Wildman–Crippen MR) is 107 cm³/mol. The summed E-state index contributed by atoms with van der Waals surface area (Å²) in [5, 5.41) is 19.3. The van der Waals surface area contributed by atoms with Crippen LogP contribution in [-0.4, -0.2) is 58.2 Å². The van der Waals surface area contributed by atoms with Crippen LogP contribution in [0, 0.1) is 0 Å². The lowest BCUT2D eigenvalue weighted by molar-refractivity contribution is -0.130. The molecule has 0 radical (unpaired) electrons. The van der Waals surface area contributed by atoms with Gasteiger partial charge in [-0.25, -0.2) is 0 Å². The SMILES string of the molecule is O=C(/C=C/c1ccccc1)C1=C(O)C(=O)N(CCOCCO)C1c1ccccn1.